The van der Waals surface area contributed by atoms with Gasteiger partial charge < -0.3 is 9.67 Å². The Morgan fingerprint density at radius 2 is 2.22 bits per heavy atom. The quantitative estimate of drug-likeness (QED) is 0.935. The lowest BCUT2D eigenvalue weighted by Gasteiger charge is -2.06. The van der Waals surface area contributed by atoms with Crippen LogP contribution in [0.2, 0.25) is 10.0 Å². The van der Waals surface area contributed by atoms with Gasteiger partial charge in [-0.25, -0.2) is 4.98 Å². The molecule has 1 aromatic heterocycles. The van der Waals surface area contributed by atoms with Crippen LogP contribution >= 0.6 is 23.2 Å². The van der Waals surface area contributed by atoms with Crippen molar-refractivity contribution in [1.29, 1.82) is 0 Å². The van der Waals surface area contributed by atoms with Crippen molar-refractivity contribution in [1.82, 2.24) is 9.55 Å². The van der Waals surface area contributed by atoms with Crippen LogP contribution in [0.25, 0.3) is 6.08 Å². The molecule has 0 saturated carbocycles. The van der Waals surface area contributed by atoms with Gasteiger partial charge in [-0.05, 0) is 17.7 Å². The molecule has 2 rings (SSSR count). The van der Waals surface area contributed by atoms with Crippen molar-refractivity contribution in [2.75, 3.05) is 0 Å². The fraction of sp³-hybridized carbons (Fsp3) is 0.154. The Kier molecular flexibility index (Phi) is 4.42. The molecule has 1 N–H and O–H groups in total. The highest BCUT2D eigenvalue weighted by Crippen LogP contribution is 2.22. The number of halogens is 2. The van der Waals surface area contributed by atoms with Crippen LogP contribution in [0.4, 0.5) is 0 Å². The molecule has 5 heteroatoms. The van der Waals surface area contributed by atoms with E-state index in [2.05, 4.69) is 4.98 Å². The van der Waals surface area contributed by atoms with Crippen molar-refractivity contribution in [2.24, 2.45) is 0 Å². The molecule has 18 heavy (non-hydrogen) atoms. The summed E-state index contributed by atoms with van der Waals surface area (Å²) >= 11 is 11.8. The lowest BCUT2D eigenvalue weighted by atomic mass is 10.2. The van der Waals surface area contributed by atoms with Gasteiger partial charge in [0.2, 0.25) is 0 Å². The summed E-state index contributed by atoms with van der Waals surface area (Å²) in [6.07, 6.45) is 8.01. The largest absolute Gasteiger partial charge is 0.387 e. The third-order valence-electron chi connectivity index (χ3n) is 2.42. The lowest BCUT2D eigenvalue weighted by Crippen LogP contribution is -2.11. The number of aromatic nitrogens is 2. The molecule has 1 aromatic carbocycles. The number of rotatable bonds is 4. The highest BCUT2D eigenvalue weighted by atomic mass is 35.5. The summed E-state index contributed by atoms with van der Waals surface area (Å²) in [5.41, 5.74) is 0.825. The monoisotopic (exact) mass is 282 g/mol. The number of aliphatic hydroxyl groups excluding tert-OH is 1. The smallest absolute Gasteiger partial charge is 0.0946 e. The first-order valence-electron chi connectivity index (χ1n) is 5.42. The number of aliphatic hydroxyl groups is 1. The predicted octanol–water partition coefficient (Wildman–Crippen LogP) is 3.26. The van der Waals surface area contributed by atoms with Gasteiger partial charge in [-0.2, -0.15) is 0 Å². The molecule has 0 aliphatic heterocycles. The summed E-state index contributed by atoms with van der Waals surface area (Å²) in [4.78, 5) is 3.91. The van der Waals surface area contributed by atoms with Gasteiger partial charge in [0.15, 0.2) is 0 Å². The zero-order chi connectivity index (χ0) is 13.0. The zero-order valence-electron chi connectivity index (χ0n) is 9.50. The van der Waals surface area contributed by atoms with E-state index in [0.29, 0.717) is 16.6 Å². The van der Waals surface area contributed by atoms with Crippen LogP contribution < -0.4 is 0 Å². The van der Waals surface area contributed by atoms with E-state index in [9.17, 15) is 5.11 Å². The van der Waals surface area contributed by atoms with Crippen LogP contribution in [-0.4, -0.2) is 20.8 Å². The molecule has 0 amide bonds. The van der Waals surface area contributed by atoms with Crippen molar-refractivity contribution in [3.05, 3.63) is 58.6 Å². The van der Waals surface area contributed by atoms with Crippen LogP contribution in [0.3, 0.4) is 0 Å². The fourth-order valence-electron chi connectivity index (χ4n) is 1.52. The molecule has 94 valence electrons. The Morgan fingerprint density at radius 1 is 1.39 bits per heavy atom. The van der Waals surface area contributed by atoms with Gasteiger partial charge in [-0.15, -0.1) is 0 Å². The molecule has 0 aliphatic rings. The van der Waals surface area contributed by atoms with Gasteiger partial charge in [0.1, 0.15) is 0 Å². The van der Waals surface area contributed by atoms with Crippen molar-refractivity contribution in [3.63, 3.8) is 0 Å². The van der Waals surface area contributed by atoms with Gasteiger partial charge in [-0.3, -0.25) is 0 Å². The third kappa shape index (κ3) is 3.60. The Hall–Kier alpha value is -1.29. The molecular weight excluding hydrogens is 271 g/mol. The third-order valence-corrected chi connectivity index (χ3v) is 2.98. The normalized spacial score (nSPS) is 13.1. The maximum atomic E-state index is 9.82. The van der Waals surface area contributed by atoms with Crippen molar-refractivity contribution >= 4 is 29.3 Å². The van der Waals surface area contributed by atoms with Gasteiger partial charge in [0.05, 0.1) is 19.0 Å². The molecule has 0 saturated heterocycles. The van der Waals surface area contributed by atoms with Crippen molar-refractivity contribution in [2.45, 2.75) is 12.6 Å². The number of imidazole rings is 1. The number of hydrogen-bond donors (Lipinski definition) is 1. The minimum Gasteiger partial charge on any atom is -0.387 e. The van der Waals surface area contributed by atoms with E-state index >= 15 is 0 Å². The Morgan fingerprint density at radius 3 is 2.89 bits per heavy atom. The summed E-state index contributed by atoms with van der Waals surface area (Å²) in [6.45, 7) is 0.460. The van der Waals surface area contributed by atoms with E-state index in [0.717, 1.165) is 5.56 Å². The van der Waals surface area contributed by atoms with Crippen LogP contribution in [0.15, 0.2) is 43.0 Å². The topological polar surface area (TPSA) is 38.0 Å². The van der Waals surface area contributed by atoms with E-state index in [-0.39, 0.29) is 0 Å². The molecular formula is C13H12Cl2N2O. The average Bonchev–Trinajstić information content (AvgIpc) is 2.80. The van der Waals surface area contributed by atoms with Crippen LogP contribution in [0.1, 0.15) is 5.56 Å². The van der Waals surface area contributed by atoms with E-state index in [1.54, 1.807) is 47.6 Å². The van der Waals surface area contributed by atoms with Gasteiger partial charge in [0.25, 0.3) is 0 Å². The second-order valence-electron chi connectivity index (χ2n) is 3.85. The molecule has 0 aliphatic carbocycles. The number of hydrogen-bond acceptors (Lipinski definition) is 2. The summed E-state index contributed by atoms with van der Waals surface area (Å²) in [5, 5.41) is 11.0. The van der Waals surface area contributed by atoms with Crippen molar-refractivity contribution < 1.29 is 5.11 Å². The average molecular weight is 283 g/mol. The van der Waals surface area contributed by atoms with E-state index < -0.39 is 6.10 Å². The molecule has 2 aromatic rings. The van der Waals surface area contributed by atoms with Crippen molar-refractivity contribution in [3.8, 4) is 0 Å². The second-order valence-corrected chi connectivity index (χ2v) is 4.70. The van der Waals surface area contributed by atoms with Gasteiger partial charge in [0, 0.05) is 22.4 Å². The molecule has 1 heterocycles. The molecule has 0 radical (unpaired) electrons. The predicted molar refractivity (Wildman–Crippen MR) is 73.7 cm³/mol. The maximum absolute atomic E-state index is 9.82. The van der Waals surface area contributed by atoms with Crippen LogP contribution in [-0.2, 0) is 6.54 Å². The molecule has 0 fully saturated rings. The molecule has 0 spiro atoms. The summed E-state index contributed by atoms with van der Waals surface area (Å²) in [7, 11) is 0. The van der Waals surface area contributed by atoms with E-state index in [1.165, 1.54) is 0 Å². The molecule has 0 bridgehead atoms. The minimum atomic E-state index is -0.592. The summed E-state index contributed by atoms with van der Waals surface area (Å²) in [6, 6.07) is 5.24. The SMILES string of the molecule is OC(C=Cc1ccc(Cl)cc1Cl)Cn1ccnc1. The fourth-order valence-corrected chi connectivity index (χ4v) is 1.99. The number of benzene rings is 1. The van der Waals surface area contributed by atoms with Crippen LogP contribution in [0.5, 0.6) is 0 Å². The highest BCUT2D eigenvalue weighted by molar-refractivity contribution is 6.35. The van der Waals surface area contributed by atoms with E-state index in [1.807, 2.05) is 6.07 Å². The lowest BCUT2D eigenvalue weighted by molar-refractivity contribution is 0.202. The first-order valence-corrected chi connectivity index (χ1v) is 6.18. The standard InChI is InChI=1S/C13H12Cl2N2O/c14-11-3-1-10(13(15)7-11)2-4-12(18)8-17-6-5-16-9-17/h1-7,9,12,18H,8H2. The first kappa shape index (κ1) is 13.1. The van der Waals surface area contributed by atoms with Gasteiger partial charge in [-0.1, -0.05) is 41.4 Å². The minimum absolute atomic E-state index is 0.460. The summed E-state index contributed by atoms with van der Waals surface area (Å²) < 4.78 is 1.80. The molecule has 3 nitrogen and oxygen atoms in total. The highest BCUT2D eigenvalue weighted by Gasteiger charge is 2.01. The Balaban J connectivity index is 2.01. The Labute approximate surface area is 115 Å². The van der Waals surface area contributed by atoms with Gasteiger partial charge >= 0.3 is 0 Å². The zero-order valence-corrected chi connectivity index (χ0v) is 11.0. The second kappa shape index (κ2) is 6.05. The summed E-state index contributed by atoms with van der Waals surface area (Å²) in [5.74, 6) is 0. The molecule has 1 atom stereocenters. The maximum Gasteiger partial charge on any atom is 0.0946 e. The molecule has 1 unspecified atom stereocenters. The first-order chi connectivity index (χ1) is 8.65. The Bertz CT molecular complexity index is 538. The van der Waals surface area contributed by atoms with E-state index in [4.69, 9.17) is 23.2 Å². The van der Waals surface area contributed by atoms with Crippen LogP contribution in [0, 0.1) is 0 Å². The number of nitrogens with zero attached hydrogens (tertiary/aromatic N) is 2.